The molecule has 2 rings (SSSR count). The summed E-state index contributed by atoms with van der Waals surface area (Å²) in [6.45, 7) is 5.74. The van der Waals surface area contributed by atoms with Gasteiger partial charge in [0, 0.05) is 31.2 Å². The predicted octanol–water partition coefficient (Wildman–Crippen LogP) is 0.825. The van der Waals surface area contributed by atoms with E-state index in [2.05, 4.69) is 26.8 Å². The van der Waals surface area contributed by atoms with Crippen molar-refractivity contribution in [1.82, 2.24) is 14.5 Å². The first kappa shape index (κ1) is 12.7. The molecule has 0 aromatic carbocycles. The van der Waals surface area contributed by atoms with E-state index in [4.69, 9.17) is 10.6 Å². The van der Waals surface area contributed by atoms with Gasteiger partial charge >= 0.3 is 0 Å². The molecule has 0 spiro atoms. The Balaban J connectivity index is 1.90. The third-order valence-electron chi connectivity index (χ3n) is 2.99. The lowest BCUT2D eigenvalue weighted by atomic mass is 10.2. The molecule has 1 aromatic heterocycles. The van der Waals surface area contributed by atoms with Gasteiger partial charge in [0.1, 0.15) is 10.7 Å². The topological polar surface area (TPSA) is 76.3 Å². The van der Waals surface area contributed by atoms with E-state index in [1.165, 1.54) is 18.0 Å². The van der Waals surface area contributed by atoms with Crippen LogP contribution in [0.5, 0.6) is 0 Å². The third-order valence-corrected chi connectivity index (χ3v) is 3.69. The van der Waals surface area contributed by atoms with Crippen molar-refractivity contribution in [3.8, 4) is 0 Å². The number of nitrogens with zero attached hydrogens (tertiary/aromatic N) is 3. The van der Waals surface area contributed by atoms with Crippen molar-refractivity contribution in [2.75, 3.05) is 25.1 Å². The summed E-state index contributed by atoms with van der Waals surface area (Å²) in [6.07, 6.45) is 2.71. The normalized spacial score (nSPS) is 20.1. The summed E-state index contributed by atoms with van der Waals surface area (Å²) < 4.78 is 9.55. The average molecular weight is 257 g/mol. The number of nitrogens with two attached hydrogens (primary N) is 1. The number of nitrogens with one attached hydrogen (secondary N) is 1. The minimum atomic E-state index is 0.371. The van der Waals surface area contributed by atoms with Crippen LogP contribution in [0.1, 0.15) is 25.5 Å². The Morgan fingerprint density at radius 2 is 2.53 bits per heavy atom. The van der Waals surface area contributed by atoms with Gasteiger partial charge in [-0.05, 0) is 19.4 Å². The fourth-order valence-corrected chi connectivity index (χ4v) is 2.50. The van der Waals surface area contributed by atoms with E-state index in [1.54, 1.807) is 0 Å². The van der Waals surface area contributed by atoms with E-state index in [-0.39, 0.29) is 0 Å². The molecule has 0 aliphatic carbocycles. The standard InChI is InChI=1S/C10H19N5OS/c1-2-15(6-8-4-3-5-16-8)7-9-10(12-11)17-14-13-9/h8,12H,2-7,11H2,1H3. The van der Waals surface area contributed by atoms with E-state index in [9.17, 15) is 0 Å². The van der Waals surface area contributed by atoms with Gasteiger partial charge in [-0.3, -0.25) is 4.90 Å². The van der Waals surface area contributed by atoms with Gasteiger partial charge in [0.15, 0.2) is 0 Å². The van der Waals surface area contributed by atoms with Crippen molar-refractivity contribution in [1.29, 1.82) is 0 Å². The van der Waals surface area contributed by atoms with Gasteiger partial charge in [-0.15, -0.1) is 5.10 Å². The Hall–Kier alpha value is -0.760. The lowest BCUT2D eigenvalue weighted by Gasteiger charge is -2.22. The number of likely N-dealkylation sites (N-methyl/N-ethyl adjacent to an activating group) is 1. The van der Waals surface area contributed by atoms with E-state index < -0.39 is 0 Å². The summed E-state index contributed by atoms with van der Waals surface area (Å²) >= 11 is 1.29. The largest absolute Gasteiger partial charge is 0.377 e. The lowest BCUT2D eigenvalue weighted by molar-refractivity contribution is 0.0721. The Morgan fingerprint density at radius 1 is 1.65 bits per heavy atom. The highest BCUT2D eigenvalue weighted by Crippen LogP contribution is 2.19. The summed E-state index contributed by atoms with van der Waals surface area (Å²) in [5.41, 5.74) is 3.55. The summed E-state index contributed by atoms with van der Waals surface area (Å²) in [7, 11) is 0. The Morgan fingerprint density at radius 3 is 3.18 bits per heavy atom. The van der Waals surface area contributed by atoms with Crippen LogP contribution in [0, 0.1) is 0 Å². The molecule has 0 saturated carbocycles. The van der Waals surface area contributed by atoms with Gasteiger partial charge in [-0.2, -0.15) is 0 Å². The highest BCUT2D eigenvalue weighted by atomic mass is 32.1. The summed E-state index contributed by atoms with van der Waals surface area (Å²) in [4.78, 5) is 2.31. The van der Waals surface area contributed by atoms with Gasteiger partial charge in [0.05, 0.1) is 6.10 Å². The van der Waals surface area contributed by atoms with Crippen LogP contribution in [-0.2, 0) is 11.3 Å². The van der Waals surface area contributed by atoms with Crippen molar-refractivity contribution >= 4 is 16.5 Å². The maximum atomic E-state index is 5.65. The number of ether oxygens (including phenoxy) is 1. The molecule has 96 valence electrons. The number of aromatic nitrogens is 2. The number of anilines is 1. The molecular formula is C10H19N5OS. The molecule has 1 saturated heterocycles. The van der Waals surface area contributed by atoms with Crippen molar-refractivity contribution in [2.24, 2.45) is 5.84 Å². The van der Waals surface area contributed by atoms with E-state index in [0.717, 1.165) is 43.4 Å². The molecule has 3 N–H and O–H groups in total. The Labute approximate surface area is 105 Å². The fraction of sp³-hybridized carbons (Fsp3) is 0.800. The van der Waals surface area contributed by atoms with Crippen LogP contribution in [0.3, 0.4) is 0 Å². The number of nitrogen functional groups attached to an aromatic ring is 1. The minimum absolute atomic E-state index is 0.371. The molecular weight excluding hydrogens is 238 g/mol. The molecule has 1 aliphatic rings. The first-order chi connectivity index (χ1) is 8.33. The van der Waals surface area contributed by atoms with Gasteiger partial charge in [0.2, 0.25) is 0 Å². The SMILES string of the molecule is CCN(Cc1nnsc1NN)CC1CCCO1. The quantitative estimate of drug-likeness (QED) is 0.580. The van der Waals surface area contributed by atoms with Gasteiger partial charge < -0.3 is 10.2 Å². The zero-order valence-electron chi connectivity index (χ0n) is 10.1. The summed E-state index contributed by atoms with van der Waals surface area (Å²) in [5, 5.41) is 4.94. The zero-order valence-corrected chi connectivity index (χ0v) is 10.9. The highest BCUT2D eigenvalue weighted by molar-refractivity contribution is 7.10. The van der Waals surface area contributed by atoms with E-state index in [1.807, 2.05) is 0 Å². The molecule has 17 heavy (non-hydrogen) atoms. The first-order valence-corrected chi connectivity index (χ1v) is 6.72. The van der Waals surface area contributed by atoms with Crippen molar-refractivity contribution < 1.29 is 4.74 Å². The molecule has 0 amide bonds. The lowest BCUT2D eigenvalue weighted by Crippen LogP contribution is -2.32. The number of hydrazine groups is 1. The maximum Gasteiger partial charge on any atom is 0.148 e. The second-order valence-electron chi connectivity index (χ2n) is 4.16. The summed E-state index contributed by atoms with van der Waals surface area (Å²) in [6, 6.07) is 0. The minimum Gasteiger partial charge on any atom is -0.377 e. The maximum absolute atomic E-state index is 5.65. The molecule has 0 bridgehead atoms. The second kappa shape index (κ2) is 6.25. The smallest absolute Gasteiger partial charge is 0.148 e. The molecule has 1 unspecified atom stereocenters. The van der Waals surface area contributed by atoms with Gasteiger partial charge in [0.25, 0.3) is 0 Å². The van der Waals surface area contributed by atoms with Crippen LogP contribution < -0.4 is 11.3 Å². The van der Waals surface area contributed by atoms with E-state index >= 15 is 0 Å². The highest BCUT2D eigenvalue weighted by Gasteiger charge is 2.20. The van der Waals surface area contributed by atoms with Gasteiger partial charge in [-0.25, -0.2) is 5.84 Å². The Bertz CT molecular complexity index is 339. The fourth-order valence-electron chi connectivity index (χ4n) is 2.02. The second-order valence-corrected chi connectivity index (χ2v) is 4.91. The molecule has 0 radical (unpaired) electrons. The molecule has 1 aromatic rings. The molecule has 7 heteroatoms. The van der Waals surface area contributed by atoms with Crippen LogP contribution in [0.4, 0.5) is 5.00 Å². The number of hydrogen-bond acceptors (Lipinski definition) is 7. The van der Waals surface area contributed by atoms with E-state index in [0.29, 0.717) is 6.10 Å². The summed E-state index contributed by atoms with van der Waals surface area (Å²) in [5.74, 6) is 5.41. The third kappa shape index (κ3) is 3.35. The van der Waals surface area contributed by atoms with Crippen molar-refractivity contribution in [3.63, 3.8) is 0 Å². The monoisotopic (exact) mass is 257 g/mol. The van der Waals surface area contributed by atoms with Gasteiger partial charge in [-0.1, -0.05) is 11.4 Å². The predicted molar refractivity (Wildman–Crippen MR) is 67.6 cm³/mol. The van der Waals surface area contributed by atoms with Crippen molar-refractivity contribution in [2.45, 2.75) is 32.4 Å². The molecule has 1 fully saturated rings. The number of hydrogen-bond donors (Lipinski definition) is 2. The van der Waals surface area contributed by atoms with Crippen molar-refractivity contribution in [3.05, 3.63) is 5.69 Å². The van der Waals surface area contributed by atoms with Crippen LogP contribution in [-0.4, -0.2) is 40.3 Å². The van der Waals surface area contributed by atoms with Crippen LogP contribution in [0.15, 0.2) is 0 Å². The van der Waals surface area contributed by atoms with Crippen LogP contribution >= 0.6 is 11.5 Å². The van der Waals surface area contributed by atoms with Crippen LogP contribution in [0.25, 0.3) is 0 Å². The number of rotatable bonds is 6. The average Bonchev–Trinajstić information content (AvgIpc) is 2.99. The molecule has 1 aliphatic heterocycles. The Kier molecular flexibility index (Phi) is 4.66. The molecule has 1 atom stereocenters. The molecule has 6 nitrogen and oxygen atoms in total. The van der Waals surface area contributed by atoms with Crippen LogP contribution in [0.2, 0.25) is 0 Å². The molecule has 2 heterocycles. The first-order valence-electron chi connectivity index (χ1n) is 5.95. The zero-order chi connectivity index (χ0) is 12.1.